The molecule has 6 nitrogen and oxygen atoms in total. The van der Waals surface area contributed by atoms with Crippen molar-refractivity contribution in [1.82, 2.24) is 4.90 Å². The molecule has 0 aromatic heterocycles. The van der Waals surface area contributed by atoms with Gasteiger partial charge in [0.05, 0.1) is 24.9 Å². The third-order valence-electron chi connectivity index (χ3n) is 3.00. The Morgan fingerprint density at radius 2 is 1.94 bits per heavy atom. The summed E-state index contributed by atoms with van der Waals surface area (Å²) < 4.78 is 4.92. The number of hydrogen-bond donors (Lipinski definition) is 3. The van der Waals surface area contributed by atoms with E-state index >= 15 is 0 Å². The summed E-state index contributed by atoms with van der Waals surface area (Å²) in [4.78, 5) is 13.4. The first-order chi connectivity index (χ1) is 8.54. The lowest BCUT2D eigenvalue weighted by Crippen LogP contribution is -2.29. The first-order valence-corrected chi connectivity index (χ1v) is 5.56. The van der Waals surface area contributed by atoms with Crippen LogP contribution in [-0.4, -0.2) is 58.5 Å². The fraction of sp³-hybridized carbons (Fsp3) is 0.417. The van der Waals surface area contributed by atoms with Crippen LogP contribution in [0.3, 0.4) is 0 Å². The molecule has 1 fully saturated rings. The third kappa shape index (κ3) is 2.12. The van der Waals surface area contributed by atoms with E-state index in [0.29, 0.717) is 0 Å². The predicted octanol–water partition coefficient (Wildman–Crippen LogP) is -0.422. The van der Waals surface area contributed by atoms with Gasteiger partial charge in [0.15, 0.2) is 11.5 Å². The predicted molar refractivity (Wildman–Crippen MR) is 62.6 cm³/mol. The normalized spacial score (nSPS) is 23.2. The molecule has 1 aliphatic heterocycles. The lowest BCUT2D eigenvalue weighted by molar-refractivity contribution is 0.0572. The summed E-state index contributed by atoms with van der Waals surface area (Å²) in [5.41, 5.74) is 0.0932. The van der Waals surface area contributed by atoms with Crippen LogP contribution in [0.2, 0.25) is 0 Å². The summed E-state index contributed by atoms with van der Waals surface area (Å²) in [7, 11) is 1.40. The zero-order chi connectivity index (χ0) is 13.3. The number of likely N-dealkylation sites (tertiary alicyclic amines) is 1. The number of β-amino-alcohol motifs (C(OH)–C–C–N with tert-alkyl or cyclic N) is 2. The highest BCUT2D eigenvalue weighted by Gasteiger charge is 2.34. The number of carbonyl (C=O) groups is 1. The van der Waals surface area contributed by atoms with Crippen LogP contribution in [0.4, 0.5) is 0 Å². The van der Waals surface area contributed by atoms with E-state index in [1.54, 1.807) is 12.1 Å². The number of hydrogen-bond acceptors (Lipinski definition) is 5. The number of amides is 1. The van der Waals surface area contributed by atoms with Gasteiger partial charge in [0.1, 0.15) is 0 Å². The van der Waals surface area contributed by atoms with E-state index in [1.165, 1.54) is 18.1 Å². The number of para-hydroxylation sites is 1. The second kappa shape index (κ2) is 4.83. The fourth-order valence-electron chi connectivity index (χ4n) is 1.97. The van der Waals surface area contributed by atoms with Gasteiger partial charge < -0.3 is 25.0 Å². The monoisotopic (exact) mass is 253 g/mol. The zero-order valence-electron chi connectivity index (χ0n) is 9.91. The number of ether oxygens (including phenoxy) is 1. The van der Waals surface area contributed by atoms with E-state index in [4.69, 9.17) is 4.74 Å². The number of aromatic hydroxyl groups is 1. The van der Waals surface area contributed by atoms with Crippen molar-refractivity contribution in [2.75, 3.05) is 20.2 Å². The largest absolute Gasteiger partial charge is 0.504 e. The van der Waals surface area contributed by atoms with Crippen LogP contribution in [0.1, 0.15) is 10.4 Å². The summed E-state index contributed by atoms with van der Waals surface area (Å²) in [6, 6.07) is 4.60. The number of aliphatic hydroxyl groups excluding tert-OH is 2. The van der Waals surface area contributed by atoms with E-state index in [-0.39, 0.29) is 30.2 Å². The molecule has 2 atom stereocenters. The molecule has 1 amide bonds. The smallest absolute Gasteiger partial charge is 0.257 e. The number of carbonyl (C=O) groups excluding carboxylic acids is 1. The molecule has 98 valence electrons. The van der Waals surface area contributed by atoms with Gasteiger partial charge in [0.25, 0.3) is 5.91 Å². The second-order valence-corrected chi connectivity index (χ2v) is 4.20. The van der Waals surface area contributed by atoms with E-state index < -0.39 is 18.1 Å². The Morgan fingerprint density at radius 3 is 2.50 bits per heavy atom. The van der Waals surface area contributed by atoms with Gasteiger partial charge in [-0.1, -0.05) is 6.07 Å². The van der Waals surface area contributed by atoms with Crippen LogP contribution in [0.15, 0.2) is 18.2 Å². The quantitative estimate of drug-likeness (QED) is 0.666. The topological polar surface area (TPSA) is 90.2 Å². The Hall–Kier alpha value is -1.79. The number of phenols is 1. The Labute approximate surface area is 104 Å². The number of methoxy groups -OCH3 is 1. The average molecular weight is 253 g/mol. The molecule has 0 saturated carbocycles. The minimum atomic E-state index is -0.943. The summed E-state index contributed by atoms with van der Waals surface area (Å²) in [6.07, 6.45) is -1.89. The molecule has 1 aromatic carbocycles. The summed E-state index contributed by atoms with van der Waals surface area (Å²) in [6.45, 7) is 0.104. The lowest BCUT2D eigenvalue weighted by Gasteiger charge is -2.16. The van der Waals surface area contributed by atoms with Crippen molar-refractivity contribution in [3.8, 4) is 11.5 Å². The van der Waals surface area contributed by atoms with Crippen LogP contribution in [-0.2, 0) is 0 Å². The number of phenolic OH excluding ortho intramolecular Hbond substituents is 1. The standard InChI is InChI=1S/C12H15NO5/c1-18-10-4-2-3-7(11(10)16)12(17)13-5-8(14)9(15)6-13/h2-4,8-9,14-16H,5-6H2,1H3. The highest BCUT2D eigenvalue weighted by molar-refractivity contribution is 5.97. The van der Waals surface area contributed by atoms with Gasteiger partial charge >= 0.3 is 0 Å². The van der Waals surface area contributed by atoms with Crippen molar-refractivity contribution < 1.29 is 24.9 Å². The van der Waals surface area contributed by atoms with E-state index in [1.807, 2.05) is 0 Å². The molecule has 1 heterocycles. The van der Waals surface area contributed by atoms with E-state index in [0.717, 1.165) is 0 Å². The summed E-state index contributed by atoms with van der Waals surface area (Å²) >= 11 is 0. The van der Waals surface area contributed by atoms with Gasteiger partial charge in [-0.3, -0.25) is 4.79 Å². The Morgan fingerprint density at radius 1 is 1.33 bits per heavy atom. The fourth-order valence-corrected chi connectivity index (χ4v) is 1.97. The molecule has 1 saturated heterocycles. The SMILES string of the molecule is COc1cccc(C(=O)N2CC(O)C(O)C2)c1O. The lowest BCUT2D eigenvalue weighted by atomic mass is 10.1. The van der Waals surface area contributed by atoms with Gasteiger partial charge in [-0.25, -0.2) is 0 Å². The highest BCUT2D eigenvalue weighted by atomic mass is 16.5. The van der Waals surface area contributed by atoms with Crippen molar-refractivity contribution in [3.63, 3.8) is 0 Å². The van der Waals surface area contributed by atoms with Gasteiger partial charge in [0.2, 0.25) is 0 Å². The minimum absolute atomic E-state index is 0.0522. The Kier molecular flexibility index (Phi) is 3.40. The molecule has 2 unspecified atom stereocenters. The number of benzene rings is 1. The van der Waals surface area contributed by atoms with Crippen LogP contribution in [0, 0.1) is 0 Å². The number of aliphatic hydroxyl groups is 2. The average Bonchev–Trinajstić information content (AvgIpc) is 2.69. The van der Waals surface area contributed by atoms with Crippen molar-refractivity contribution in [3.05, 3.63) is 23.8 Å². The molecule has 1 aromatic rings. The van der Waals surface area contributed by atoms with E-state index in [2.05, 4.69) is 0 Å². The first kappa shape index (κ1) is 12.7. The second-order valence-electron chi connectivity index (χ2n) is 4.20. The Balaban J connectivity index is 2.24. The minimum Gasteiger partial charge on any atom is -0.504 e. The van der Waals surface area contributed by atoms with Gasteiger partial charge in [-0.15, -0.1) is 0 Å². The number of rotatable bonds is 2. The van der Waals surface area contributed by atoms with Crippen LogP contribution in [0.5, 0.6) is 11.5 Å². The molecule has 0 spiro atoms. The molecule has 1 aliphatic rings. The molecule has 2 rings (SSSR count). The van der Waals surface area contributed by atoms with Crippen molar-refractivity contribution in [1.29, 1.82) is 0 Å². The maximum Gasteiger partial charge on any atom is 0.257 e. The zero-order valence-corrected chi connectivity index (χ0v) is 9.91. The highest BCUT2D eigenvalue weighted by Crippen LogP contribution is 2.30. The molecule has 0 bridgehead atoms. The molecule has 0 radical (unpaired) electrons. The molecule has 0 aliphatic carbocycles. The maximum atomic E-state index is 12.1. The summed E-state index contributed by atoms with van der Waals surface area (Å²) in [5.74, 6) is -0.468. The van der Waals surface area contributed by atoms with Crippen LogP contribution in [0.25, 0.3) is 0 Å². The maximum absolute atomic E-state index is 12.1. The summed E-state index contributed by atoms with van der Waals surface area (Å²) in [5, 5.41) is 28.7. The van der Waals surface area contributed by atoms with Crippen molar-refractivity contribution in [2.45, 2.75) is 12.2 Å². The number of nitrogens with zero attached hydrogens (tertiary/aromatic N) is 1. The Bertz CT molecular complexity index is 452. The van der Waals surface area contributed by atoms with Gasteiger partial charge in [0, 0.05) is 13.1 Å². The van der Waals surface area contributed by atoms with Crippen LogP contribution >= 0.6 is 0 Å². The molecule has 18 heavy (non-hydrogen) atoms. The molecular formula is C12H15NO5. The van der Waals surface area contributed by atoms with Crippen molar-refractivity contribution in [2.24, 2.45) is 0 Å². The third-order valence-corrected chi connectivity index (χ3v) is 3.00. The molecular weight excluding hydrogens is 238 g/mol. The van der Waals surface area contributed by atoms with Gasteiger partial charge in [-0.05, 0) is 12.1 Å². The molecule has 3 N–H and O–H groups in total. The van der Waals surface area contributed by atoms with Crippen LogP contribution < -0.4 is 4.74 Å². The van der Waals surface area contributed by atoms with Gasteiger partial charge in [-0.2, -0.15) is 0 Å². The van der Waals surface area contributed by atoms with Crippen molar-refractivity contribution >= 4 is 5.91 Å². The molecule has 6 heteroatoms. The first-order valence-electron chi connectivity index (χ1n) is 5.56. The van der Waals surface area contributed by atoms with E-state index in [9.17, 15) is 20.1 Å².